The summed E-state index contributed by atoms with van der Waals surface area (Å²) in [6, 6.07) is 10.6. The predicted octanol–water partition coefficient (Wildman–Crippen LogP) is 2.75. The van der Waals surface area contributed by atoms with E-state index in [0.29, 0.717) is 12.2 Å². The molecular weight excluding hydrogens is 302 g/mol. The Morgan fingerprint density at radius 2 is 1.78 bits per heavy atom. The van der Waals surface area contributed by atoms with Gasteiger partial charge in [-0.25, -0.2) is 8.78 Å². The van der Waals surface area contributed by atoms with Crippen molar-refractivity contribution in [3.8, 4) is 0 Å². The van der Waals surface area contributed by atoms with Crippen LogP contribution >= 0.6 is 0 Å². The van der Waals surface area contributed by atoms with Gasteiger partial charge in [0.2, 0.25) is 5.91 Å². The van der Waals surface area contributed by atoms with Gasteiger partial charge in [0.15, 0.2) is 0 Å². The van der Waals surface area contributed by atoms with Crippen LogP contribution in [0.1, 0.15) is 24.2 Å². The van der Waals surface area contributed by atoms with Crippen LogP contribution < -0.4 is 10.6 Å². The van der Waals surface area contributed by atoms with Crippen LogP contribution in [0.4, 0.5) is 14.5 Å². The van der Waals surface area contributed by atoms with Crippen molar-refractivity contribution in [2.45, 2.75) is 19.6 Å². The molecule has 2 rings (SSSR count). The second-order valence-corrected chi connectivity index (χ2v) is 5.12. The van der Waals surface area contributed by atoms with Gasteiger partial charge >= 0.3 is 0 Å². The smallest absolute Gasteiger partial charge is 0.221 e. The molecule has 1 atom stereocenters. The minimum atomic E-state index is -1.30. The average Bonchev–Trinajstić information content (AvgIpc) is 2.48. The van der Waals surface area contributed by atoms with E-state index in [1.807, 2.05) is 12.1 Å². The predicted molar refractivity (Wildman–Crippen MR) is 83.8 cm³/mol. The van der Waals surface area contributed by atoms with Gasteiger partial charge in [-0.2, -0.15) is 0 Å². The van der Waals surface area contributed by atoms with E-state index >= 15 is 0 Å². The number of aliphatic hydroxyl groups is 1. The second-order valence-electron chi connectivity index (χ2n) is 5.12. The first-order chi connectivity index (χ1) is 11.0. The number of para-hydroxylation sites is 1. The Kier molecular flexibility index (Phi) is 5.78. The SMILES string of the molecule is CC(=O)Nc1ccccc1CNCC(O)c1c(F)cccc1F. The Labute approximate surface area is 133 Å². The minimum Gasteiger partial charge on any atom is -0.387 e. The lowest BCUT2D eigenvalue weighted by molar-refractivity contribution is -0.114. The third kappa shape index (κ3) is 4.58. The maximum atomic E-state index is 13.6. The van der Waals surface area contributed by atoms with E-state index < -0.39 is 17.7 Å². The van der Waals surface area contributed by atoms with Crippen molar-refractivity contribution in [2.24, 2.45) is 0 Å². The third-order valence-electron chi connectivity index (χ3n) is 3.31. The molecule has 0 aliphatic carbocycles. The monoisotopic (exact) mass is 320 g/mol. The molecule has 4 nitrogen and oxygen atoms in total. The standard InChI is InChI=1S/C17H18F2N2O2/c1-11(22)21-15-8-3-2-5-12(15)9-20-10-16(23)17-13(18)6-4-7-14(17)19/h2-8,16,20,23H,9-10H2,1H3,(H,21,22). The Hall–Kier alpha value is -2.31. The van der Waals surface area contributed by atoms with E-state index in [1.165, 1.54) is 13.0 Å². The number of amides is 1. The lowest BCUT2D eigenvalue weighted by Crippen LogP contribution is -2.23. The highest BCUT2D eigenvalue weighted by Gasteiger charge is 2.17. The van der Waals surface area contributed by atoms with Crippen LogP contribution in [0.3, 0.4) is 0 Å². The molecule has 6 heteroatoms. The number of rotatable bonds is 6. The average molecular weight is 320 g/mol. The number of benzene rings is 2. The summed E-state index contributed by atoms with van der Waals surface area (Å²) < 4.78 is 27.2. The maximum Gasteiger partial charge on any atom is 0.221 e. The molecule has 2 aromatic rings. The molecule has 0 radical (unpaired) electrons. The minimum absolute atomic E-state index is 0.0216. The molecule has 23 heavy (non-hydrogen) atoms. The summed E-state index contributed by atoms with van der Waals surface area (Å²) in [5, 5.41) is 15.6. The molecule has 2 aromatic carbocycles. The van der Waals surface area contributed by atoms with E-state index in [4.69, 9.17) is 0 Å². The molecule has 122 valence electrons. The fraction of sp³-hybridized carbons (Fsp3) is 0.235. The Morgan fingerprint density at radius 3 is 2.43 bits per heavy atom. The first kappa shape index (κ1) is 17.1. The number of nitrogens with one attached hydrogen (secondary N) is 2. The molecule has 1 unspecified atom stereocenters. The molecule has 0 aromatic heterocycles. The normalized spacial score (nSPS) is 12.0. The van der Waals surface area contributed by atoms with Crippen LogP contribution in [0.2, 0.25) is 0 Å². The van der Waals surface area contributed by atoms with Crippen LogP contribution in [0, 0.1) is 11.6 Å². The van der Waals surface area contributed by atoms with E-state index in [-0.39, 0.29) is 18.0 Å². The van der Waals surface area contributed by atoms with Gasteiger partial charge in [-0.15, -0.1) is 0 Å². The number of hydrogen-bond acceptors (Lipinski definition) is 3. The van der Waals surface area contributed by atoms with Gasteiger partial charge in [0, 0.05) is 25.7 Å². The molecule has 0 heterocycles. The number of halogens is 2. The van der Waals surface area contributed by atoms with Crippen molar-refractivity contribution >= 4 is 11.6 Å². The van der Waals surface area contributed by atoms with Crippen LogP contribution in [0.25, 0.3) is 0 Å². The van der Waals surface area contributed by atoms with Crippen LogP contribution in [0.15, 0.2) is 42.5 Å². The van der Waals surface area contributed by atoms with Crippen molar-refractivity contribution < 1.29 is 18.7 Å². The quantitative estimate of drug-likeness (QED) is 0.767. The van der Waals surface area contributed by atoms with E-state index in [1.54, 1.807) is 12.1 Å². The Morgan fingerprint density at radius 1 is 1.13 bits per heavy atom. The number of aliphatic hydroxyl groups excluding tert-OH is 1. The van der Waals surface area contributed by atoms with Gasteiger partial charge in [0.1, 0.15) is 11.6 Å². The van der Waals surface area contributed by atoms with Gasteiger partial charge in [-0.1, -0.05) is 24.3 Å². The van der Waals surface area contributed by atoms with Gasteiger partial charge in [0.25, 0.3) is 0 Å². The van der Waals surface area contributed by atoms with Crippen molar-refractivity contribution in [1.82, 2.24) is 5.32 Å². The Bertz CT molecular complexity index is 672. The van der Waals surface area contributed by atoms with Crippen molar-refractivity contribution in [2.75, 3.05) is 11.9 Å². The zero-order chi connectivity index (χ0) is 16.8. The first-order valence-corrected chi connectivity index (χ1v) is 7.17. The second kappa shape index (κ2) is 7.80. The van der Waals surface area contributed by atoms with Gasteiger partial charge < -0.3 is 15.7 Å². The number of carbonyl (C=O) groups is 1. The van der Waals surface area contributed by atoms with Crippen molar-refractivity contribution in [1.29, 1.82) is 0 Å². The van der Waals surface area contributed by atoms with Crippen LogP contribution in [0.5, 0.6) is 0 Å². The highest BCUT2D eigenvalue weighted by molar-refractivity contribution is 5.89. The molecule has 0 spiro atoms. The molecule has 0 saturated carbocycles. The van der Waals surface area contributed by atoms with E-state index in [9.17, 15) is 18.7 Å². The van der Waals surface area contributed by atoms with Crippen molar-refractivity contribution in [3.05, 3.63) is 65.2 Å². The summed E-state index contributed by atoms with van der Waals surface area (Å²) in [6.07, 6.45) is -1.30. The lowest BCUT2D eigenvalue weighted by Gasteiger charge is -2.15. The van der Waals surface area contributed by atoms with E-state index in [2.05, 4.69) is 10.6 Å². The van der Waals surface area contributed by atoms with Crippen LogP contribution in [-0.2, 0) is 11.3 Å². The zero-order valence-electron chi connectivity index (χ0n) is 12.6. The first-order valence-electron chi connectivity index (χ1n) is 7.17. The highest BCUT2D eigenvalue weighted by atomic mass is 19.1. The summed E-state index contributed by atoms with van der Waals surface area (Å²) in [4.78, 5) is 11.2. The molecular formula is C17H18F2N2O2. The molecule has 0 aliphatic heterocycles. The summed E-state index contributed by atoms with van der Waals surface area (Å²) in [6.45, 7) is 1.73. The largest absolute Gasteiger partial charge is 0.387 e. The van der Waals surface area contributed by atoms with Crippen molar-refractivity contribution in [3.63, 3.8) is 0 Å². The summed E-state index contributed by atoms with van der Waals surface area (Å²) in [7, 11) is 0. The molecule has 0 saturated heterocycles. The van der Waals surface area contributed by atoms with Gasteiger partial charge in [-0.05, 0) is 23.8 Å². The summed E-state index contributed by atoms with van der Waals surface area (Å²) >= 11 is 0. The van der Waals surface area contributed by atoms with Crippen LogP contribution in [-0.4, -0.2) is 17.6 Å². The number of anilines is 1. The summed E-state index contributed by atoms with van der Waals surface area (Å²) in [5.41, 5.74) is 1.11. The summed E-state index contributed by atoms with van der Waals surface area (Å²) in [5.74, 6) is -1.75. The molecule has 1 amide bonds. The molecule has 0 fully saturated rings. The maximum absolute atomic E-state index is 13.6. The fourth-order valence-corrected chi connectivity index (χ4v) is 2.26. The molecule has 0 aliphatic rings. The topological polar surface area (TPSA) is 61.4 Å². The lowest BCUT2D eigenvalue weighted by atomic mass is 10.1. The number of carbonyl (C=O) groups excluding carboxylic acids is 1. The third-order valence-corrected chi connectivity index (χ3v) is 3.31. The zero-order valence-corrected chi connectivity index (χ0v) is 12.6. The van der Waals surface area contributed by atoms with Gasteiger partial charge in [-0.3, -0.25) is 4.79 Å². The molecule has 0 bridgehead atoms. The van der Waals surface area contributed by atoms with E-state index in [0.717, 1.165) is 17.7 Å². The Balaban J connectivity index is 1.99. The fourth-order valence-electron chi connectivity index (χ4n) is 2.26. The highest BCUT2D eigenvalue weighted by Crippen LogP contribution is 2.20. The van der Waals surface area contributed by atoms with Gasteiger partial charge in [0.05, 0.1) is 11.7 Å². The molecule has 3 N–H and O–H groups in total. The number of hydrogen-bond donors (Lipinski definition) is 3.